The number of hydrogen-bond donors (Lipinski definition) is 2. The van der Waals surface area contributed by atoms with E-state index in [0.29, 0.717) is 11.4 Å². The predicted molar refractivity (Wildman–Crippen MR) is 85.8 cm³/mol. The number of sulfonamides is 1. The zero-order valence-electron chi connectivity index (χ0n) is 13.0. The molecule has 1 saturated carbocycles. The number of hydrogen-bond acceptors (Lipinski definition) is 3. The van der Waals surface area contributed by atoms with E-state index in [4.69, 9.17) is 0 Å². The maximum Gasteiger partial charge on any atom is 0.241 e. The molecule has 4 nitrogen and oxygen atoms in total. The minimum absolute atomic E-state index is 0.108. The van der Waals surface area contributed by atoms with Crippen LogP contribution in [-0.4, -0.2) is 21.0 Å². The molecule has 118 valence electrons. The van der Waals surface area contributed by atoms with Crippen LogP contribution in [-0.2, 0) is 16.6 Å². The van der Waals surface area contributed by atoms with Gasteiger partial charge in [-0.3, -0.25) is 0 Å². The molecule has 1 aromatic carbocycles. The van der Waals surface area contributed by atoms with Gasteiger partial charge in [-0.2, -0.15) is 0 Å². The molecule has 0 aromatic heterocycles. The second-order valence-electron chi connectivity index (χ2n) is 5.88. The van der Waals surface area contributed by atoms with Gasteiger partial charge in [0.25, 0.3) is 0 Å². The number of rotatable bonds is 7. The highest BCUT2D eigenvalue weighted by atomic mass is 32.2. The smallest absolute Gasteiger partial charge is 0.241 e. The van der Waals surface area contributed by atoms with Crippen LogP contribution in [0.4, 0.5) is 0 Å². The first-order valence-corrected chi connectivity index (χ1v) is 9.34. The molecule has 1 aliphatic carbocycles. The summed E-state index contributed by atoms with van der Waals surface area (Å²) in [5, 5.41) is 3.31. The van der Waals surface area contributed by atoms with Crippen molar-refractivity contribution < 1.29 is 8.42 Å². The van der Waals surface area contributed by atoms with E-state index in [1.165, 1.54) is 0 Å². The third-order valence-corrected chi connectivity index (χ3v) is 5.64. The van der Waals surface area contributed by atoms with Crippen molar-refractivity contribution in [1.29, 1.82) is 0 Å². The topological polar surface area (TPSA) is 58.2 Å². The monoisotopic (exact) mass is 310 g/mol. The van der Waals surface area contributed by atoms with Crippen LogP contribution in [0.3, 0.4) is 0 Å². The Morgan fingerprint density at radius 1 is 1.24 bits per heavy atom. The lowest BCUT2D eigenvalue weighted by atomic mass is 10.1. The van der Waals surface area contributed by atoms with Crippen LogP contribution < -0.4 is 10.0 Å². The van der Waals surface area contributed by atoms with Crippen molar-refractivity contribution in [2.75, 3.05) is 6.54 Å². The molecule has 1 aromatic rings. The summed E-state index contributed by atoms with van der Waals surface area (Å²) in [6.07, 6.45) is 5.21. The van der Waals surface area contributed by atoms with E-state index in [-0.39, 0.29) is 6.04 Å². The maximum atomic E-state index is 12.6. The first-order valence-electron chi connectivity index (χ1n) is 7.85. The van der Waals surface area contributed by atoms with Gasteiger partial charge in [0.15, 0.2) is 0 Å². The Bertz CT molecular complexity index is 564. The molecule has 0 aliphatic heterocycles. The minimum Gasteiger partial charge on any atom is -0.313 e. The summed E-state index contributed by atoms with van der Waals surface area (Å²) in [7, 11) is -3.41. The van der Waals surface area contributed by atoms with E-state index in [1.54, 1.807) is 6.07 Å². The second kappa shape index (κ2) is 7.38. The molecule has 0 radical (unpaired) electrons. The van der Waals surface area contributed by atoms with Gasteiger partial charge in [0.05, 0.1) is 4.90 Å². The summed E-state index contributed by atoms with van der Waals surface area (Å²) in [6.45, 7) is 5.62. The van der Waals surface area contributed by atoms with Crippen LogP contribution in [0, 0.1) is 6.92 Å². The van der Waals surface area contributed by atoms with Crippen molar-refractivity contribution in [3.63, 3.8) is 0 Å². The van der Waals surface area contributed by atoms with Crippen LogP contribution in [0.2, 0.25) is 0 Å². The first kappa shape index (κ1) is 16.5. The van der Waals surface area contributed by atoms with Gasteiger partial charge in [0.2, 0.25) is 10.0 Å². The largest absolute Gasteiger partial charge is 0.313 e. The molecule has 0 amide bonds. The van der Waals surface area contributed by atoms with Gasteiger partial charge < -0.3 is 5.32 Å². The Hall–Kier alpha value is -0.910. The van der Waals surface area contributed by atoms with E-state index in [9.17, 15) is 8.42 Å². The Morgan fingerprint density at radius 3 is 2.62 bits per heavy atom. The van der Waals surface area contributed by atoms with Crippen molar-refractivity contribution in [1.82, 2.24) is 10.0 Å². The summed E-state index contributed by atoms with van der Waals surface area (Å²) < 4.78 is 28.0. The number of nitrogens with one attached hydrogen (secondary N) is 2. The van der Waals surface area contributed by atoms with Crippen LogP contribution in [0.5, 0.6) is 0 Å². The Labute approximate surface area is 128 Å². The van der Waals surface area contributed by atoms with E-state index < -0.39 is 10.0 Å². The highest BCUT2D eigenvalue weighted by molar-refractivity contribution is 7.89. The van der Waals surface area contributed by atoms with Gasteiger partial charge in [-0.15, -0.1) is 0 Å². The Morgan fingerprint density at radius 2 is 1.95 bits per heavy atom. The average Bonchev–Trinajstić information content (AvgIpc) is 2.93. The predicted octanol–water partition coefficient (Wildman–Crippen LogP) is 2.72. The molecule has 0 bridgehead atoms. The summed E-state index contributed by atoms with van der Waals surface area (Å²) in [5.74, 6) is 0. The fourth-order valence-corrected chi connectivity index (χ4v) is 4.38. The molecule has 2 N–H and O–H groups in total. The lowest BCUT2D eigenvalue weighted by Gasteiger charge is -2.15. The second-order valence-corrected chi connectivity index (χ2v) is 7.56. The third kappa shape index (κ3) is 4.53. The molecule has 0 unspecified atom stereocenters. The minimum atomic E-state index is -3.41. The SMILES string of the molecule is CCCNCc1ccc(C)c(S(=O)(=O)NC2CCCC2)c1. The van der Waals surface area contributed by atoms with Crippen molar-refractivity contribution in [2.45, 2.75) is 63.4 Å². The standard InChI is InChI=1S/C16H26N2O2S/c1-3-10-17-12-14-9-8-13(2)16(11-14)21(19,20)18-15-6-4-5-7-15/h8-9,11,15,17-18H,3-7,10,12H2,1-2H3. The van der Waals surface area contributed by atoms with Crippen LogP contribution >= 0.6 is 0 Å². The summed E-state index contributed by atoms with van der Waals surface area (Å²) in [4.78, 5) is 0.421. The highest BCUT2D eigenvalue weighted by Gasteiger charge is 2.24. The fraction of sp³-hybridized carbons (Fsp3) is 0.625. The molecule has 1 aliphatic rings. The quantitative estimate of drug-likeness (QED) is 0.761. The van der Waals surface area contributed by atoms with Crippen LogP contribution in [0.1, 0.15) is 50.2 Å². The van der Waals surface area contributed by atoms with Gasteiger partial charge in [-0.05, 0) is 49.9 Å². The molecular weight excluding hydrogens is 284 g/mol. The van der Waals surface area contributed by atoms with E-state index >= 15 is 0 Å². The molecule has 2 rings (SSSR count). The van der Waals surface area contributed by atoms with Gasteiger partial charge >= 0.3 is 0 Å². The normalized spacial score (nSPS) is 16.5. The molecule has 0 spiro atoms. The van der Waals surface area contributed by atoms with Crippen molar-refractivity contribution >= 4 is 10.0 Å². The molecule has 21 heavy (non-hydrogen) atoms. The summed E-state index contributed by atoms with van der Waals surface area (Å²) in [6, 6.07) is 5.80. The van der Waals surface area contributed by atoms with Gasteiger partial charge in [0.1, 0.15) is 0 Å². The Balaban J connectivity index is 2.14. The van der Waals surface area contributed by atoms with Crippen molar-refractivity contribution in [3.8, 4) is 0 Å². The van der Waals surface area contributed by atoms with Gasteiger partial charge in [-0.25, -0.2) is 13.1 Å². The van der Waals surface area contributed by atoms with Crippen LogP contribution in [0.15, 0.2) is 23.1 Å². The van der Waals surface area contributed by atoms with Gasteiger partial charge in [0, 0.05) is 12.6 Å². The van der Waals surface area contributed by atoms with Gasteiger partial charge in [-0.1, -0.05) is 31.9 Å². The van der Waals surface area contributed by atoms with E-state index in [2.05, 4.69) is 17.0 Å². The van der Waals surface area contributed by atoms with Crippen molar-refractivity contribution in [2.24, 2.45) is 0 Å². The average molecular weight is 310 g/mol. The third-order valence-electron chi connectivity index (χ3n) is 3.97. The Kier molecular flexibility index (Phi) is 5.79. The number of benzene rings is 1. The summed E-state index contributed by atoms with van der Waals surface area (Å²) >= 11 is 0. The fourth-order valence-electron chi connectivity index (χ4n) is 2.78. The van der Waals surface area contributed by atoms with E-state index in [0.717, 1.165) is 49.8 Å². The van der Waals surface area contributed by atoms with E-state index in [1.807, 2.05) is 19.1 Å². The first-order chi connectivity index (χ1) is 10.0. The molecule has 0 heterocycles. The lowest BCUT2D eigenvalue weighted by Crippen LogP contribution is -2.33. The molecule has 0 atom stereocenters. The summed E-state index contributed by atoms with van der Waals surface area (Å²) in [5.41, 5.74) is 1.82. The number of aryl methyl sites for hydroxylation is 1. The molecular formula is C16H26N2O2S. The van der Waals surface area contributed by atoms with Crippen molar-refractivity contribution in [3.05, 3.63) is 29.3 Å². The molecule has 1 fully saturated rings. The van der Waals surface area contributed by atoms with Crippen LogP contribution in [0.25, 0.3) is 0 Å². The highest BCUT2D eigenvalue weighted by Crippen LogP contribution is 2.22. The molecule has 5 heteroatoms. The zero-order valence-corrected chi connectivity index (χ0v) is 13.8. The lowest BCUT2D eigenvalue weighted by molar-refractivity contribution is 0.551. The zero-order chi connectivity index (χ0) is 15.3. The maximum absolute atomic E-state index is 12.6. The molecule has 0 saturated heterocycles.